The van der Waals surface area contributed by atoms with Crippen molar-refractivity contribution in [2.75, 3.05) is 31.0 Å². The zero-order valence-corrected chi connectivity index (χ0v) is 18.9. The third-order valence-corrected chi connectivity index (χ3v) is 6.41. The Morgan fingerprint density at radius 3 is 2.50 bits per heavy atom. The van der Waals surface area contributed by atoms with Gasteiger partial charge in [0.2, 0.25) is 5.91 Å². The van der Waals surface area contributed by atoms with Gasteiger partial charge in [-0.05, 0) is 23.6 Å². The highest BCUT2D eigenvalue weighted by atomic mass is 35.5. The SMILES string of the molecule is COc1cc(NC(=O)CN2C(=O)N(c3cccc(Cl)c3)C(=O)C3SC=CC32)cc(OC)c1. The Bertz CT molecular complexity index is 1090. The number of carbonyl (C=O) groups is 3. The van der Waals surface area contributed by atoms with Crippen molar-refractivity contribution in [1.29, 1.82) is 0 Å². The molecular formula is C22H20ClN3O5S. The zero-order chi connectivity index (χ0) is 22.8. The predicted octanol–water partition coefficient (Wildman–Crippen LogP) is 3.76. The van der Waals surface area contributed by atoms with E-state index in [1.165, 1.54) is 30.9 Å². The summed E-state index contributed by atoms with van der Waals surface area (Å²) >= 11 is 7.39. The van der Waals surface area contributed by atoms with E-state index in [4.69, 9.17) is 21.1 Å². The van der Waals surface area contributed by atoms with Crippen LogP contribution in [0.3, 0.4) is 0 Å². The maximum absolute atomic E-state index is 13.3. The molecule has 8 nitrogen and oxygen atoms in total. The monoisotopic (exact) mass is 473 g/mol. The highest BCUT2D eigenvalue weighted by Gasteiger charge is 2.48. The highest BCUT2D eigenvalue weighted by Crippen LogP contribution is 2.36. The van der Waals surface area contributed by atoms with Crippen molar-refractivity contribution in [3.05, 3.63) is 59.0 Å². The van der Waals surface area contributed by atoms with Crippen molar-refractivity contribution in [3.63, 3.8) is 0 Å². The minimum absolute atomic E-state index is 0.241. The Labute approximate surface area is 194 Å². The Kier molecular flexibility index (Phi) is 6.29. The highest BCUT2D eigenvalue weighted by molar-refractivity contribution is 8.03. The van der Waals surface area contributed by atoms with E-state index >= 15 is 0 Å². The summed E-state index contributed by atoms with van der Waals surface area (Å²) in [5.74, 6) is 0.271. The fourth-order valence-electron chi connectivity index (χ4n) is 3.60. The molecule has 1 N–H and O–H groups in total. The second kappa shape index (κ2) is 9.13. The Hall–Kier alpha value is -3.17. The maximum Gasteiger partial charge on any atom is 0.332 e. The van der Waals surface area contributed by atoms with Crippen LogP contribution in [0.25, 0.3) is 0 Å². The molecular weight excluding hydrogens is 454 g/mol. The van der Waals surface area contributed by atoms with Gasteiger partial charge in [0, 0.05) is 28.9 Å². The summed E-state index contributed by atoms with van der Waals surface area (Å²) in [6, 6.07) is 10.4. The van der Waals surface area contributed by atoms with Crippen molar-refractivity contribution in [1.82, 2.24) is 4.90 Å². The lowest BCUT2D eigenvalue weighted by molar-refractivity contribution is -0.121. The number of amides is 4. The van der Waals surface area contributed by atoms with Gasteiger partial charge in [0.15, 0.2) is 0 Å². The summed E-state index contributed by atoms with van der Waals surface area (Å²) in [7, 11) is 3.02. The molecule has 0 radical (unpaired) electrons. The molecule has 2 heterocycles. The van der Waals surface area contributed by atoms with Gasteiger partial charge < -0.3 is 19.7 Å². The summed E-state index contributed by atoms with van der Waals surface area (Å²) in [5.41, 5.74) is 0.827. The third-order valence-electron chi connectivity index (χ3n) is 5.09. The fraction of sp³-hybridized carbons (Fsp3) is 0.227. The van der Waals surface area contributed by atoms with Crippen LogP contribution >= 0.6 is 23.4 Å². The van der Waals surface area contributed by atoms with Gasteiger partial charge in [0.05, 0.1) is 25.9 Å². The molecule has 0 bridgehead atoms. The maximum atomic E-state index is 13.3. The molecule has 32 heavy (non-hydrogen) atoms. The first kappa shape index (κ1) is 22.0. The normalized spacial score (nSPS) is 19.7. The number of hydrogen-bond donors (Lipinski definition) is 1. The van der Waals surface area contributed by atoms with E-state index in [1.807, 2.05) is 0 Å². The Morgan fingerprint density at radius 2 is 1.84 bits per heavy atom. The van der Waals surface area contributed by atoms with Crippen LogP contribution in [0.1, 0.15) is 0 Å². The summed E-state index contributed by atoms with van der Waals surface area (Å²) in [6.45, 7) is -0.241. The van der Waals surface area contributed by atoms with Crippen molar-refractivity contribution in [3.8, 4) is 11.5 Å². The van der Waals surface area contributed by atoms with E-state index in [0.717, 1.165) is 4.90 Å². The van der Waals surface area contributed by atoms with Gasteiger partial charge in [0.1, 0.15) is 23.3 Å². The lowest BCUT2D eigenvalue weighted by Gasteiger charge is -2.40. The van der Waals surface area contributed by atoms with Gasteiger partial charge in [-0.15, -0.1) is 11.8 Å². The second-order valence-electron chi connectivity index (χ2n) is 7.09. The number of hydrogen-bond acceptors (Lipinski definition) is 6. The van der Waals surface area contributed by atoms with Gasteiger partial charge in [-0.3, -0.25) is 9.59 Å². The number of rotatable bonds is 6. The molecule has 2 atom stereocenters. The number of nitrogens with zero attached hydrogens (tertiary/aromatic N) is 2. The molecule has 0 spiro atoms. The Morgan fingerprint density at radius 1 is 1.12 bits per heavy atom. The first-order valence-electron chi connectivity index (χ1n) is 9.66. The number of halogens is 1. The van der Waals surface area contributed by atoms with E-state index in [2.05, 4.69) is 5.32 Å². The van der Waals surface area contributed by atoms with Gasteiger partial charge in [0.25, 0.3) is 5.91 Å². The standard InChI is InChI=1S/C22H20ClN3O5S/c1-30-16-9-14(10-17(11-16)31-2)24-19(27)12-25-18-6-7-32-20(18)21(28)26(22(25)29)15-5-3-4-13(23)8-15/h3-11,18,20H,12H2,1-2H3,(H,24,27). The minimum Gasteiger partial charge on any atom is -0.497 e. The quantitative estimate of drug-likeness (QED) is 0.687. The molecule has 2 aromatic carbocycles. The molecule has 2 aliphatic heterocycles. The number of benzene rings is 2. The van der Waals surface area contributed by atoms with Gasteiger partial charge in [-0.2, -0.15) is 0 Å². The number of ether oxygens (including phenoxy) is 2. The second-order valence-corrected chi connectivity index (χ2v) is 8.58. The minimum atomic E-state index is -0.580. The van der Waals surface area contributed by atoms with Crippen LogP contribution in [0.2, 0.25) is 5.02 Å². The number of anilines is 2. The number of nitrogens with one attached hydrogen (secondary N) is 1. The average Bonchev–Trinajstić information content (AvgIpc) is 3.26. The van der Waals surface area contributed by atoms with Crippen molar-refractivity contribution in [2.45, 2.75) is 11.3 Å². The molecule has 166 valence electrons. The molecule has 4 rings (SSSR count). The molecule has 0 aliphatic carbocycles. The number of carbonyl (C=O) groups excluding carboxylic acids is 3. The van der Waals surface area contributed by atoms with Crippen LogP contribution in [-0.2, 0) is 9.59 Å². The molecule has 0 saturated carbocycles. The number of fused-ring (bicyclic) bond motifs is 1. The largest absolute Gasteiger partial charge is 0.497 e. The molecule has 2 aliphatic rings. The topological polar surface area (TPSA) is 88.2 Å². The molecule has 0 aromatic heterocycles. The van der Waals surface area contributed by atoms with Gasteiger partial charge >= 0.3 is 6.03 Å². The number of thioether (sulfide) groups is 1. The molecule has 2 unspecified atom stereocenters. The van der Waals surface area contributed by atoms with Crippen LogP contribution in [0.15, 0.2) is 53.9 Å². The average molecular weight is 474 g/mol. The summed E-state index contributed by atoms with van der Waals surface area (Å²) in [4.78, 5) is 41.7. The number of imide groups is 1. The van der Waals surface area contributed by atoms with Crippen molar-refractivity contribution < 1.29 is 23.9 Å². The van der Waals surface area contributed by atoms with E-state index in [9.17, 15) is 14.4 Å². The van der Waals surface area contributed by atoms with Crippen molar-refractivity contribution in [2.24, 2.45) is 0 Å². The van der Waals surface area contributed by atoms with Gasteiger partial charge in [-0.25, -0.2) is 9.69 Å². The molecule has 1 saturated heterocycles. The summed E-state index contributed by atoms with van der Waals surface area (Å²) in [5, 5.41) is 4.41. The summed E-state index contributed by atoms with van der Waals surface area (Å²) in [6.07, 6.45) is 1.77. The summed E-state index contributed by atoms with van der Waals surface area (Å²) < 4.78 is 10.4. The smallest absolute Gasteiger partial charge is 0.332 e. The molecule has 2 aromatic rings. The van der Waals surface area contributed by atoms with Crippen molar-refractivity contribution >= 4 is 52.6 Å². The van der Waals surface area contributed by atoms with Crippen LogP contribution < -0.4 is 19.7 Å². The zero-order valence-electron chi connectivity index (χ0n) is 17.3. The number of urea groups is 1. The number of methoxy groups -OCH3 is 2. The lowest BCUT2D eigenvalue weighted by Crippen LogP contribution is -2.63. The lowest BCUT2D eigenvalue weighted by atomic mass is 10.1. The van der Waals surface area contributed by atoms with E-state index in [1.54, 1.807) is 53.9 Å². The fourth-order valence-corrected chi connectivity index (χ4v) is 4.83. The first-order chi connectivity index (χ1) is 15.4. The first-order valence-corrected chi connectivity index (χ1v) is 11.0. The van der Waals surface area contributed by atoms with E-state index in [0.29, 0.717) is 27.9 Å². The van der Waals surface area contributed by atoms with E-state index < -0.39 is 23.2 Å². The van der Waals surface area contributed by atoms with Gasteiger partial charge in [-0.1, -0.05) is 23.7 Å². The molecule has 1 fully saturated rings. The predicted molar refractivity (Wildman–Crippen MR) is 124 cm³/mol. The molecule has 4 amide bonds. The Balaban J connectivity index is 1.58. The van der Waals surface area contributed by atoms with Crippen LogP contribution in [-0.4, -0.2) is 54.8 Å². The van der Waals surface area contributed by atoms with Crippen LogP contribution in [0.5, 0.6) is 11.5 Å². The molecule has 10 heteroatoms. The van der Waals surface area contributed by atoms with E-state index in [-0.39, 0.29) is 12.5 Å². The van der Waals surface area contributed by atoms with Crippen LogP contribution in [0.4, 0.5) is 16.2 Å². The third kappa shape index (κ3) is 4.26. The van der Waals surface area contributed by atoms with Crippen LogP contribution in [0, 0.1) is 0 Å².